The van der Waals surface area contributed by atoms with E-state index in [0.29, 0.717) is 12.2 Å². The molecule has 0 saturated carbocycles. The van der Waals surface area contributed by atoms with E-state index in [1.165, 1.54) is 28.8 Å². The number of hydrogen-bond donors (Lipinski definition) is 1. The lowest BCUT2D eigenvalue weighted by Gasteiger charge is -2.16. The second kappa shape index (κ2) is 6.10. The minimum Gasteiger partial charge on any atom is -0.305 e. The van der Waals surface area contributed by atoms with Crippen LogP contribution >= 0.6 is 0 Å². The molecule has 0 bridgehead atoms. The summed E-state index contributed by atoms with van der Waals surface area (Å²) >= 11 is 0. The van der Waals surface area contributed by atoms with Crippen molar-refractivity contribution in [2.24, 2.45) is 14.1 Å². The maximum Gasteiger partial charge on any atom is 0.330 e. The zero-order valence-electron chi connectivity index (χ0n) is 12.9. The van der Waals surface area contributed by atoms with Gasteiger partial charge in [-0.3, -0.25) is 13.9 Å². The largest absolute Gasteiger partial charge is 0.330 e. The van der Waals surface area contributed by atoms with Crippen LogP contribution in [0.2, 0.25) is 0 Å². The van der Waals surface area contributed by atoms with Gasteiger partial charge in [0, 0.05) is 38.4 Å². The number of nitrogens with zero attached hydrogens (tertiary/aromatic N) is 2. The van der Waals surface area contributed by atoms with E-state index in [1.807, 2.05) is 0 Å². The molecular formula is C16H21N3O2. The van der Waals surface area contributed by atoms with Crippen LogP contribution in [0.15, 0.2) is 39.9 Å². The highest BCUT2D eigenvalue weighted by atomic mass is 16.2. The second-order valence-corrected chi connectivity index (χ2v) is 5.39. The number of hydrogen-bond acceptors (Lipinski definition) is 3. The first-order chi connectivity index (χ1) is 9.90. The van der Waals surface area contributed by atoms with Gasteiger partial charge in [-0.1, -0.05) is 29.8 Å². The van der Waals surface area contributed by atoms with Crippen LogP contribution in [0.3, 0.4) is 0 Å². The minimum atomic E-state index is -0.303. The van der Waals surface area contributed by atoms with E-state index in [9.17, 15) is 9.59 Å². The maximum atomic E-state index is 11.9. The zero-order chi connectivity index (χ0) is 15.6. The Morgan fingerprint density at radius 1 is 1.10 bits per heavy atom. The molecule has 112 valence electrons. The van der Waals surface area contributed by atoms with Crippen LogP contribution in [0.1, 0.15) is 29.8 Å². The summed E-state index contributed by atoms with van der Waals surface area (Å²) in [5, 5.41) is 3.34. The van der Waals surface area contributed by atoms with Gasteiger partial charge in [-0.2, -0.15) is 0 Å². The molecule has 0 fully saturated rings. The summed E-state index contributed by atoms with van der Waals surface area (Å²) in [4.78, 5) is 23.5. The Balaban J connectivity index is 2.15. The van der Waals surface area contributed by atoms with Crippen LogP contribution in [0.25, 0.3) is 0 Å². The molecule has 0 aliphatic heterocycles. The number of benzene rings is 1. The molecule has 0 aliphatic rings. The molecule has 0 saturated heterocycles. The normalized spacial score (nSPS) is 12.4. The van der Waals surface area contributed by atoms with Gasteiger partial charge in [0.1, 0.15) is 0 Å². The van der Waals surface area contributed by atoms with E-state index < -0.39 is 0 Å². The smallest absolute Gasteiger partial charge is 0.305 e. The molecule has 1 heterocycles. The number of aromatic nitrogens is 2. The lowest BCUT2D eigenvalue weighted by Crippen LogP contribution is -2.39. The lowest BCUT2D eigenvalue weighted by molar-refractivity contribution is 0.540. The van der Waals surface area contributed by atoms with Gasteiger partial charge in [0.2, 0.25) is 0 Å². The van der Waals surface area contributed by atoms with Gasteiger partial charge in [-0.05, 0) is 19.4 Å². The van der Waals surface area contributed by atoms with Crippen molar-refractivity contribution in [3.8, 4) is 0 Å². The molecule has 1 aromatic heterocycles. The topological polar surface area (TPSA) is 56.0 Å². The monoisotopic (exact) mass is 287 g/mol. The standard InChI is InChI=1S/C16H21N3O2/c1-11-5-7-13(8-6-11)12(2)17-10-14-9-15(20)19(4)16(21)18(14)3/h5-9,12,17H,10H2,1-4H3/t12-/m0/s1. The predicted octanol–water partition coefficient (Wildman–Crippen LogP) is 1.24. The average molecular weight is 287 g/mol. The Morgan fingerprint density at radius 3 is 2.33 bits per heavy atom. The van der Waals surface area contributed by atoms with Crippen molar-refractivity contribution >= 4 is 0 Å². The average Bonchev–Trinajstić information content (AvgIpc) is 2.48. The molecule has 0 amide bonds. The summed E-state index contributed by atoms with van der Waals surface area (Å²) in [6.45, 7) is 4.58. The first-order valence-corrected chi connectivity index (χ1v) is 6.96. The first kappa shape index (κ1) is 15.3. The molecule has 0 unspecified atom stereocenters. The first-order valence-electron chi connectivity index (χ1n) is 6.96. The van der Waals surface area contributed by atoms with Crippen LogP contribution < -0.4 is 16.6 Å². The van der Waals surface area contributed by atoms with Gasteiger partial charge >= 0.3 is 5.69 Å². The lowest BCUT2D eigenvalue weighted by atomic mass is 10.1. The summed E-state index contributed by atoms with van der Waals surface area (Å²) < 4.78 is 2.60. The predicted molar refractivity (Wildman–Crippen MR) is 83.4 cm³/mol. The highest BCUT2D eigenvalue weighted by molar-refractivity contribution is 5.23. The third-order valence-corrected chi connectivity index (χ3v) is 3.79. The van der Waals surface area contributed by atoms with Crippen LogP contribution in [0, 0.1) is 6.92 Å². The Bertz CT molecular complexity index is 742. The van der Waals surface area contributed by atoms with Gasteiger partial charge in [0.25, 0.3) is 5.56 Å². The molecule has 5 heteroatoms. The Morgan fingerprint density at radius 2 is 1.71 bits per heavy atom. The van der Waals surface area contributed by atoms with Crippen molar-refractivity contribution in [2.45, 2.75) is 26.4 Å². The fourth-order valence-corrected chi connectivity index (χ4v) is 2.18. The van der Waals surface area contributed by atoms with Crippen LogP contribution in [0.4, 0.5) is 0 Å². The van der Waals surface area contributed by atoms with Gasteiger partial charge in [-0.25, -0.2) is 4.79 Å². The molecule has 5 nitrogen and oxygen atoms in total. The molecule has 1 atom stereocenters. The van der Waals surface area contributed by atoms with Gasteiger partial charge in [0.05, 0.1) is 0 Å². The SMILES string of the molecule is Cc1ccc([C@H](C)NCc2cc(=O)n(C)c(=O)n2C)cc1. The molecule has 21 heavy (non-hydrogen) atoms. The highest BCUT2D eigenvalue weighted by Gasteiger charge is 2.08. The van der Waals surface area contributed by atoms with Crippen molar-refractivity contribution in [3.05, 3.63) is 68.0 Å². The number of aryl methyl sites for hydroxylation is 1. The van der Waals surface area contributed by atoms with Crippen LogP contribution in [-0.4, -0.2) is 9.13 Å². The third kappa shape index (κ3) is 3.31. The quantitative estimate of drug-likeness (QED) is 0.920. The number of nitrogens with one attached hydrogen (secondary N) is 1. The molecular weight excluding hydrogens is 266 g/mol. The Kier molecular flexibility index (Phi) is 4.43. The zero-order valence-corrected chi connectivity index (χ0v) is 12.9. The molecule has 2 aromatic rings. The van der Waals surface area contributed by atoms with Crippen molar-refractivity contribution in [1.29, 1.82) is 0 Å². The van der Waals surface area contributed by atoms with Crippen LogP contribution in [0.5, 0.6) is 0 Å². The molecule has 0 aliphatic carbocycles. The minimum absolute atomic E-state index is 0.143. The van der Waals surface area contributed by atoms with Gasteiger partial charge in [0.15, 0.2) is 0 Å². The molecule has 0 radical (unpaired) electrons. The van der Waals surface area contributed by atoms with Crippen LogP contribution in [-0.2, 0) is 20.6 Å². The maximum absolute atomic E-state index is 11.9. The summed E-state index contributed by atoms with van der Waals surface area (Å²) in [6, 6.07) is 9.94. The fraction of sp³-hybridized carbons (Fsp3) is 0.375. The van der Waals surface area contributed by atoms with E-state index in [4.69, 9.17) is 0 Å². The molecule has 1 aromatic carbocycles. The molecule has 0 spiro atoms. The Hall–Kier alpha value is -2.14. The van der Waals surface area contributed by atoms with E-state index in [0.717, 1.165) is 4.57 Å². The summed E-state index contributed by atoms with van der Waals surface area (Å²) in [5.41, 5.74) is 2.50. The van der Waals surface area contributed by atoms with Gasteiger partial charge < -0.3 is 5.32 Å². The Labute approximate surface area is 123 Å². The summed E-state index contributed by atoms with van der Waals surface area (Å²) in [7, 11) is 3.16. The third-order valence-electron chi connectivity index (χ3n) is 3.79. The summed E-state index contributed by atoms with van der Waals surface area (Å²) in [5.74, 6) is 0. The van der Waals surface area contributed by atoms with E-state index >= 15 is 0 Å². The van der Waals surface area contributed by atoms with E-state index in [-0.39, 0.29) is 17.3 Å². The highest BCUT2D eigenvalue weighted by Crippen LogP contribution is 2.13. The summed E-state index contributed by atoms with van der Waals surface area (Å²) in [6.07, 6.45) is 0. The van der Waals surface area contributed by atoms with Gasteiger partial charge in [-0.15, -0.1) is 0 Å². The second-order valence-electron chi connectivity index (χ2n) is 5.39. The van der Waals surface area contributed by atoms with Crippen molar-refractivity contribution in [2.75, 3.05) is 0 Å². The fourth-order valence-electron chi connectivity index (χ4n) is 2.18. The van der Waals surface area contributed by atoms with E-state index in [1.54, 1.807) is 7.05 Å². The molecule has 2 rings (SSSR count). The van der Waals surface area contributed by atoms with Crippen molar-refractivity contribution in [1.82, 2.24) is 14.5 Å². The molecule has 1 N–H and O–H groups in total. The van der Waals surface area contributed by atoms with Crippen molar-refractivity contribution in [3.63, 3.8) is 0 Å². The number of rotatable bonds is 4. The van der Waals surface area contributed by atoms with E-state index in [2.05, 4.69) is 43.4 Å². The van der Waals surface area contributed by atoms with Crippen molar-refractivity contribution < 1.29 is 0 Å².